The van der Waals surface area contributed by atoms with E-state index in [1.165, 1.54) is 0 Å². The minimum atomic E-state index is -0.941. The number of nitrogens with one attached hydrogen (secondary N) is 1. The SMILES string of the molecule is NC(C(=O)Nc1cc(F)ccc1F)c1ccccc1. The predicted octanol–water partition coefficient (Wildman–Crippen LogP) is 2.60. The number of halogens is 2. The fraction of sp³-hybridized carbons (Fsp3) is 0.0714. The summed E-state index contributed by atoms with van der Waals surface area (Å²) in [5, 5.41) is 2.27. The van der Waals surface area contributed by atoms with Crippen LogP contribution in [0.3, 0.4) is 0 Å². The normalized spacial score (nSPS) is 11.9. The van der Waals surface area contributed by atoms with Gasteiger partial charge in [0.1, 0.15) is 17.7 Å². The van der Waals surface area contributed by atoms with Crippen molar-refractivity contribution >= 4 is 11.6 Å². The van der Waals surface area contributed by atoms with Gasteiger partial charge in [0.05, 0.1) is 5.69 Å². The first-order valence-electron chi connectivity index (χ1n) is 5.64. The van der Waals surface area contributed by atoms with Crippen LogP contribution in [0, 0.1) is 11.6 Å². The van der Waals surface area contributed by atoms with Crippen LogP contribution in [0.4, 0.5) is 14.5 Å². The van der Waals surface area contributed by atoms with Crippen LogP contribution in [-0.2, 0) is 4.79 Å². The van der Waals surface area contributed by atoms with E-state index in [0.29, 0.717) is 5.56 Å². The Morgan fingerprint density at radius 1 is 1.11 bits per heavy atom. The van der Waals surface area contributed by atoms with Crippen LogP contribution in [0.2, 0.25) is 0 Å². The van der Waals surface area contributed by atoms with Crippen molar-refractivity contribution in [1.29, 1.82) is 0 Å². The second kappa shape index (κ2) is 5.58. The largest absolute Gasteiger partial charge is 0.322 e. The summed E-state index contributed by atoms with van der Waals surface area (Å²) in [6, 6.07) is 10.5. The molecule has 98 valence electrons. The third-order valence-corrected chi connectivity index (χ3v) is 2.63. The third-order valence-electron chi connectivity index (χ3n) is 2.63. The lowest BCUT2D eigenvalue weighted by atomic mass is 10.1. The predicted molar refractivity (Wildman–Crippen MR) is 68.4 cm³/mol. The molecule has 1 unspecified atom stereocenters. The van der Waals surface area contributed by atoms with E-state index in [-0.39, 0.29) is 5.69 Å². The summed E-state index contributed by atoms with van der Waals surface area (Å²) < 4.78 is 26.3. The summed E-state index contributed by atoms with van der Waals surface area (Å²) in [5.41, 5.74) is 6.11. The van der Waals surface area contributed by atoms with Crippen molar-refractivity contribution in [1.82, 2.24) is 0 Å². The van der Waals surface area contributed by atoms with Crippen molar-refractivity contribution in [2.75, 3.05) is 5.32 Å². The highest BCUT2D eigenvalue weighted by atomic mass is 19.1. The second-order valence-corrected chi connectivity index (χ2v) is 4.00. The van der Waals surface area contributed by atoms with Gasteiger partial charge in [0, 0.05) is 6.07 Å². The molecule has 0 fully saturated rings. The van der Waals surface area contributed by atoms with Crippen LogP contribution >= 0.6 is 0 Å². The molecule has 5 heteroatoms. The molecule has 0 aliphatic heterocycles. The van der Waals surface area contributed by atoms with Gasteiger partial charge in [-0.15, -0.1) is 0 Å². The minimum absolute atomic E-state index is 0.226. The van der Waals surface area contributed by atoms with E-state index < -0.39 is 23.6 Å². The van der Waals surface area contributed by atoms with Crippen LogP contribution in [0.25, 0.3) is 0 Å². The highest BCUT2D eigenvalue weighted by Gasteiger charge is 2.17. The zero-order chi connectivity index (χ0) is 13.8. The molecule has 3 N–H and O–H groups in total. The van der Waals surface area contributed by atoms with Crippen LogP contribution < -0.4 is 11.1 Å². The summed E-state index contributed by atoms with van der Waals surface area (Å²) in [6.07, 6.45) is 0. The molecule has 3 nitrogen and oxygen atoms in total. The average molecular weight is 262 g/mol. The maximum atomic E-state index is 13.4. The molecule has 19 heavy (non-hydrogen) atoms. The van der Waals surface area contributed by atoms with Gasteiger partial charge in [-0.05, 0) is 17.7 Å². The monoisotopic (exact) mass is 262 g/mol. The molecule has 2 rings (SSSR count). The highest BCUT2D eigenvalue weighted by molar-refractivity contribution is 5.95. The number of benzene rings is 2. The van der Waals surface area contributed by atoms with Crippen molar-refractivity contribution in [3.63, 3.8) is 0 Å². The standard InChI is InChI=1S/C14H12F2N2O/c15-10-6-7-11(16)12(8-10)18-14(19)13(17)9-4-2-1-3-5-9/h1-8,13H,17H2,(H,18,19). The Hall–Kier alpha value is -2.27. The fourth-order valence-electron chi connectivity index (χ4n) is 1.62. The lowest BCUT2D eigenvalue weighted by Crippen LogP contribution is -2.28. The average Bonchev–Trinajstić information content (AvgIpc) is 2.43. The third kappa shape index (κ3) is 3.14. The smallest absolute Gasteiger partial charge is 0.245 e. The van der Waals surface area contributed by atoms with Crippen LogP contribution in [0.1, 0.15) is 11.6 Å². The summed E-state index contributed by atoms with van der Waals surface area (Å²) >= 11 is 0. The number of hydrogen-bond donors (Lipinski definition) is 2. The number of hydrogen-bond acceptors (Lipinski definition) is 2. The fourth-order valence-corrected chi connectivity index (χ4v) is 1.62. The second-order valence-electron chi connectivity index (χ2n) is 4.00. The summed E-state index contributed by atoms with van der Waals surface area (Å²) in [6.45, 7) is 0. The lowest BCUT2D eigenvalue weighted by molar-refractivity contribution is -0.117. The quantitative estimate of drug-likeness (QED) is 0.893. The Kier molecular flexibility index (Phi) is 3.87. The van der Waals surface area contributed by atoms with Crippen LogP contribution in [0.5, 0.6) is 0 Å². The molecule has 0 radical (unpaired) electrons. The molecule has 0 bridgehead atoms. The topological polar surface area (TPSA) is 55.1 Å². The van der Waals surface area contributed by atoms with Crippen molar-refractivity contribution < 1.29 is 13.6 Å². The van der Waals surface area contributed by atoms with Crippen molar-refractivity contribution in [2.45, 2.75) is 6.04 Å². The summed E-state index contributed by atoms with van der Waals surface area (Å²) in [5.74, 6) is -1.95. The highest BCUT2D eigenvalue weighted by Crippen LogP contribution is 2.18. The van der Waals surface area contributed by atoms with E-state index in [1.807, 2.05) is 0 Å². The maximum absolute atomic E-state index is 13.4. The number of nitrogens with two attached hydrogens (primary N) is 1. The summed E-state index contributed by atoms with van der Waals surface area (Å²) in [4.78, 5) is 11.9. The van der Waals surface area contributed by atoms with Crippen LogP contribution in [-0.4, -0.2) is 5.91 Å². The van der Waals surface area contributed by atoms with Crippen LogP contribution in [0.15, 0.2) is 48.5 Å². The molecule has 2 aromatic carbocycles. The maximum Gasteiger partial charge on any atom is 0.245 e. The number of anilines is 1. The molecule has 0 aromatic heterocycles. The number of carbonyl (C=O) groups is 1. The molecule has 1 amide bonds. The van der Waals surface area contributed by atoms with Crippen molar-refractivity contribution in [2.24, 2.45) is 5.73 Å². The molecule has 0 saturated heterocycles. The van der Waals surface area contributed by atoms with E-state index in [4.69, 9.17) is 5.73 Å². The van der Waals surface area contributed by atoms with Gasteiger partial charge >= 0.3 is 0 Å². The molecule has 0 heterocycles. The molecule has 2 aromatic rings. The zero-order valence-electron chi connectivity index (χ0n) is 9.94. The van der Waals surface area contributed by atoms with E-state index in [0.717, 1.165) is 18.2 Å². The molecule has 0 spiro atoms. The van der Waals surface area contributed by atoms with Gasteiger partial charge in [0.15, 0.2) is 0 Å². The Bertz CT molecular complexity index is 587. The van der Waals surface area contributed by atoms with Gasteiger partial charge in [-0.2, -0.15) is 0 Å². The van der Waals surface area contributed by atoms with Gasteiger partial charge < -0.3 is 11.1 Å². The number of amides is 1. The molecular formula is C14H12F2N2O. The van der Waals surface area contributed by atoms with E-state index in [9.17, 15) is 13.6 Å². The van der Waals surface area contributed by atoms with Gasteiger partial charge in [-0.25, -0.2) is 8.78 Å². The van der Waals surface area contributed by atoms with E-state index in [2.05, 4.69) is 5.32 Å². The van der Waals surface area contributed by atoms with Crippen molar-refractivity contribution in [3.05, 3.63) is 65.7 Å². The van der Waals surface area contributed by atoms with Gasteiger partial charge in [0.25, 0.3) is 0 Å². The Balaban J connectivity index is 2.15. The van der Waals surface area contributed by atoms with Gasteiger partial charge in [-0.3, -0.25) is 4.79 Å². The number of rotatable bonds is 3. The Labute approximate surface area is 109 Å². The Morgan fingerprint density at radius 3 is 2.47 bits per heavy atom. The zero-order valence-corrected chi connectivity index (χ0v) is 9.94. The molecule has 0 saturated carbocycles. The Morgan fingerprint density at radius 2 is 1.79 bits per heavy atom. The summed E-state index contributed by atoms with van der Waals surface area (Å²) in [7, 11) is 0. The van der Waals surface area contributed by atoms with Crippen molar-refractivity contribution in [3.8, 4) is 0 Å². The first-order chi connectivity index (χ1) is 9.08. The number of carbonyl (C=O) groups excluding carboxylic acids is 1. The molecule has 1 atom stereocenters. The molecule has 0 aliphatic rings. The van der Waals surface area contributed by atoms with E-state index in [1.54, 1.807) is 30.3 Å². The van der Waals surface area contributed by atoms with Gasteiger partial charge in [-0.1, -0.05) is 30.3 Å². The first kappa shape index (κ1) is 13.2. The lowest BCUT2D eigenvalue weighted by Gasteiger charge is -2.13. The van der Waals surface area contributed by atoms with E-state index >= 15 is 0 Å². The van der Waals surface area contributed by atoms with Gasteiger partial charge in [0.2, 0.25) is 5.91 Å². The first-order valence-corrected chi connectivity index (χ1v) is 5.64. The molecule has 0 aliphatic carbocycles. The minimum Gasteiger partial charge on any atom is -0.322 e. The molecular weight excluding hydrogens is 250 g/mol.